The Labute approximate surface area is 123 Å². The van der Waals surface area contributed by atoms with E-state index < -0.39 is 0 Å². The van der Waals surface area contributed by atoms with Gasteiger partial charge in [-0.05, 0) is 29.2 Å². The maximum atomic E-state index is 5.83. The molecule has 0 fully saturated rings. The van der Waals surface area contributed by atoms with Crippen LogP contribution in [0.25, 0.3) is 0 Å². The maximum absolute atomic E-state index is 5.83. The van der Waals surface area contributed by atoms with Crippen LogP contribution in [0.15, 0.2) is 42.6 Å². The van der Waals surface area contributed by atoms with Crippen molar-refractivity contribution in [1.82, 2.24) is 4.98 Å². The molecule has 0 aliphatic rings. The number of alkyl halides is 1. The number of ether oxygens (including phenoxy) is 1. The van der Waals surface area contributed by atoms with Gasteiger partial charge in [0.1, 0.15) is 5.75 Å². The number of pyridine rings is 1. The molecule has 0 aliphatic carbocycles. The van der Waals surface area contributed by atoms with Crippen LogP contribution in [-0.4, -0.2) is 4.98 Å². The van der Waals surface area contributed by atoms with Gasteiger partial charge in [-0.1, -0.05) is 54.9 Å². The van der Waals surface area contributed by atoms with Gasteiger partial charge in [0, 0.05) is 17.1 Å². The zero-order valence-corrected chi connectivity index (χ0v) is 13.1. The number of hydrogen-bond donors (Lipinski definition) is 0. The first-order valence-corrected chi connectivity index (χ1v) is 7.41. The standard InChI is InChI=1S/C16H18BrNO/c1-16(2,3)13-6-8-14(9-7-13)19-15-12(11-17)5-4-10-18-15/h4-10H,11H2,1-3H3. The van der Waals surface area contributed by atoms with Crippen LogP contribution in [-0.2, 0) is 10.7 Å². The summed E-state index contributed by atoms with van der Waals surface area (Å²) in [5.41, 5.74) is 2.49. The van der Waals surface area contributed by atoms with E-state index in [1.807, 2.05) is 24.3 Å². The van der Waals surface area contributed by atoms with Gasteiger partial charge < -0.3 is 4.74 Å². The van der Waals surface area contributed by atoms with Gasteiger partial charge in [0.15, 0.2) is 0 Å². The number of rotatable bonds is 3. The summed E-state index contributed by atoms with van der Waals surface area (Å²) in [5.74, 6) is 1.47. The van der Waals surface area contributed by atoms with Crippen molar-refractivity contribution in [2.24, 2.45) is 0 Å². The molecule has 0 bridgehead atoms. The van der Waals surface area contributed by atoms with E-state index in [-0.39, 0.29) is 5.41 Å². The minimum atomic E-state index is 0.157. The van der Waals surface area contributed by atoms with Crippen molar-refractivity contribution in [3.8, 4) is 11.6 Å². The van der Waals surface area contributed by atoms with E-state index in [1.165, 1.54) is 5.56 Å². The lowest BCUT2D eigenvalue weighted by molar-refractivity contribution is 0.457. The van der Waals surface area contributed by atoms with Gasteiger partial charge in [0.2, 0.25) is 5.88 Å². The van der Waals surface area contributed by atoms with Gasteiger partial charge >= 0.3 is 0 Å². The molecule has 0 saturated carbocycles. The van der Waals surface area contributed by atoms with E-state index >= 15 is 0 Å². The van der Waals surface area contributed by atoms with Crippen molar-refractivity contribution < 1.29 is 4.74 Å². The molecule has 0 unspecified atom stereocenters. The SMILES string of the molecule is CC(C)(C)c1ccc(Oc2ncccc2CBr)cc1. The predicted molar refractivity (Wildman–Crippen MR) is 82.1 cm³/mol. The Morgan fingerprint density at radius 2 is 1.79 bits per heavy atom. The molecular weight excluding hydrogens is 302 g/mol. The van der Waals surface area contributed by atoms with E-state index in [9.17, 15) is 0 Å². The summed E-state index contributed by atoms with van der Waals surface area (Å²) in [4.78, 5) is 4.26. The topological polar surface area (TPSA) is 22.1 Å². The van der Waals surface area contributed by atoms with Gasteiger partial charge in [-0.2, -0.15) is 0 Å². The van der Waals surface area contributed by atoms with Crippen molar-refractivity contribution in [2.75, 3.05) is 0 Å². The molecule has 3 heteroatoms. The van der Waals surface area contributed by atoms with Crippen LogP contribution in [0.2, 0.25) is 0 Å². The second-order valence-electron chi connectivity index (χ2n) is 5.48. The minimum Gasteiger partial charge on any atom is -0.439 e. The van der Waals surface area contributed by atoms with E-state index in [4.69, 9.17) is 4.74 Å². The number of nitrogens with zero attached hydrogens (tertiary/aromatic N) is 1. The van der Waals surface area contributed by atoms with Crippen molar-refractivity contribution >= 4 is 15.9 Å². The van der Waals surface area contributed by atoms with E-state index in [2.05, 4.69) is 53.8 Å². The first-order valence-electron chi connectivity index (χ1n) is 6.29. The van der Waals surface area contributed by atoms with Crippen LogP contribution in [0.4, 0.5) is 0 Å². The van der Waals surface area contributed by atoms with E-state index in [0.717, 1.165) is 16.6 Å². The van der Waals surface area contributed by atoms with Crippen LogP contribution in [0.3, 0.4) is 0 Å². The average molecular weight is 320 g/mol. The highest BCUT2D eigenvalue weighted by Crippen LogP contribution is 2.28. The van der Waals surface area contributed by atoms with Gasteiger partial charge in [-0.25, -0.2) is 4.98 Å². The summed E-state index contributed by atoms with van der Waals surface area (Å²) < 4.78 is 5.83. The first kappa shape index (κ1) is 14.1. The number of benzene rings is 1. The molecule has 2 nitrogen and oxygen atoms in total. The third-order valence-electron chi connectivity index (χ3n) is 2.93. The van der Waals surface area contributed by atoms with Crippen LogP contribution in [0, 0.1) is 0 Å². The fourth-order valence-electron chi connectivity index (χ4n) is 1.75. The lowest BCUT2D eigenvalue weighted by Crippen LogP contribution is -2.10. The molecule has 0 aliphatic heterocycles. The maximum Gasteiger partial charge on any atom is 0.223 e. The summed E-state index contributed by atoms with van der Waals surface area (Å²) in [5, 5.41) is 0.732. The third kappa shape index (κ3) is 3.57. The van der Waals surface area contributed by atoms with Crippen LogP contribution in [0.1, 0.15) is 31.9 Å². The Hall–Kier alpha value is -1.35. The molecule has 0 N–H and O–H groups in total. The molecule has 1 aromatic heterocycles. The first-order chi connectivity index (χ1) is 9.00. The predicted octanol–water partition coefficient (Wildman–Crippen LogP) is 5.07. The summed E-state index contributed by atoms with van der Waals surface area (Å²) in [6.45, 7) is 6.60. The van der Waals surface area contributed by atoms with E-state index in [0.29, 0.717) is 5.88 Å². The Balaban J connectivity index is 2.20. The molecule has 100 valence electrons. The second kappa shape index (κ2) is 5.74. The van der Waals surface area contributed by atoms with Crippen molar-refractivity contribution in [2.45, 2.75) is 31.5 Å². The molecule has 0 atom stereocenters. The number of halogens is 1. The Morgan fingerprint density at radius 3 is 2.37 bits per heavy atom. The largest absolute Gasteiger partial charge is 0.439 e. The van der Waals surface area contributed by atoms with E-state index in [1.54, 1.807) is 6.20 Å². The monoisotopic (exact) mass is 319 g/mol. The Kier molecular flexibility index (Phi) is 4.25. The van der Waals surface area contributed by atoms with Crippen LogP contribution >= 0.6 is 15.9 Å². The summed E-state index contributed by atoms with van der Waals surface area (Å²) >= 11 is 3.44. The van der Waals surface area contributed by atoms with Crippen LogP contribution in [0.5, 0.6) is 11.6 Å². The van der Waals surface area contributed by atoms with Gasteiger partial charge in [0.05, 0.1) is 0 Å². The smallest absolute Gasteiger partial charge is 0.223 e. The van der Waals surface area contributed by atoms with Gasteiger partial charge in [-0.3, -0.25) is 0 Å². The molecule has 0 amide bonds. The lowest BCUT2D eigenvalue weighted by atomic mass is 9.87. The quantitative estimate of drug-likeness (QED) is 0.737. The number of aromatic nitrogens is 1. The Morgan fingerprint density at radius 1 is 1.11 bits per heavy atom. The fraction of sp³-hybridized carbons (Fsp3) is 0.312. The average Bonchev–Trinajstić information content (AvgIpc) is 2.39. The van der Waals surface area contributed by atoms with Gasteiger partial charge in [-0.15, -0.1) is 0 Å². The van der Waals surface area contributed by atoms with Crippen molar-refractivity contribution in [3.05, 3.63) is 53.7 Å². The molecule has 2 aromatic rings. The molecule has 0 spiro atoms. The zero-order valence-electron chi connectivity index (χ0n) is 11.5. The normalized spacial score (nSPS) is 11.4. The fourth-order valence-corrected chi connectivity index (χ4v) is 2.18. The molecular formula is C16H18BrNO. The summed E-state index contributed by atoms with van der Waals surface area (Å²) in [6.07, 6.45) is 1.74. The lowest BCUT2D eigenvalue weighted by Gasteiger charge is -2.19. The zero-order chi connectivity index (χ0) is 13.9. The second-order valence-corrected chi connectivity index (χ2v) is 6.04. The summed E-state index contributed by atoms with van der Waals surface area (Å²) in [6, 6.07) is 12.1. The molecule has 1 heterocycles. The molecule has 0 radical (unpaired) electrons. The molecule has 2 rings (SSSR count). The molecule has 1 aromatic carbocycles. The minimum absolute atomic E-state index is 0.157. The van der Waals surface area contributed by atoms with Crippen LogP contribution < -0.4 is 4.74 Å². The number of hydrogen-bond acceptors (Lipinski definition) is 2. The van der Waals surface area contributed by atoms with Crippen molar-refractivity contribution in [3.63, 3.8) is 0 Å². The van der Waals surface area contributed by atoms with Crippen molar-refractivity contribution in [1.29, 1.82) is 0 Å². The molecule has 0 saturated heterocycles. The summed E-state index contributed by atoms with van der Waals surface area (Å²) in [7, 11) is 0. The third-order valence-corrected chi connectivity index (χ3v) is 3.53. The highest BCUT2D eigenvalue weighted by molar-refractivity contribution is 9.08. The highest BCUT2D eigenvalue weighted by Gasteiger charge is 2.13. The van der Waals surface area contributed by atoms with Gasteiger partial charge in [0.25, 0.3) is 0 Å². The Bertz CT molecular complexity index is 543. The highest BCUT2D eigenvalue weighted by atomic mass is 79.9. The molecule has 19 heavy (non-hydrogen) atoms.